The Morgan fingerprint density at radius 3 is 2.21 bits per heavy atom. The second-order valence-electron chi connectivity index (χ2n) is 4.46. The van der Waals surface area contributed by atoms with Gasteiger partial charge in [-0.3, -0.25) is 0 Å². The molecule has 0 atom stereocenters. The van der Waals surface area contributed by atoms with Gasteiger partial charge in [-0.1, -0.05) is 26.7 Å². The van der Waals surface area contributed by atoms with Crippen molar-refractivity contribution < 1.29 is 0 Å². The standard InChI is InChI=1S/C12H25NS/c1-4-12(5-2,14-3)10-13-11-8-6-7-9-11/h11,13H,4-10H2,1-3H3. The molecule has 0 spiro atoms. The average molecular weight is 215 g/mol. The Bertz CT molecular complexity index is 140. The van der Waals surface area contributed by atoms with Gasteiger partial charge in [-0.05, 0) is 31.9 Å². The zero-order valence-corrected chi connectivity index (χ0v) is 10.8. The van der Waals surface area contributed by atoms with E-state index in [1.807, 2.05) is 11.8 Å². The van der Waals surface area contributed by atoms with Gasteiger partial charge < -0.3 is 5.32 Å². The third kappa shape index (κ3) is 3.16. The molecule has 1 saturated carbocycles. The number of thioether (sulfide) groups is 1. The van der Waals surface area contributed by atoms with Crippen LogP contribution in [0.15, 0.2) is 0 Å². The quantitative estimate of drug-likeness (QED) is 0.728. The molecule has 0 bridgehead atoms. The van der Waals surface area contributed by atoms with Crippen LogP contribution in [-0.2, 0) is 0 Å². The van der Waals surface area contributed by atoms with Crippen LogP contribution in [0.5, 0.6) is 0 Å². The minimum absolute atomic E-state index is 0.489. The lowest BCUT2D eigenvalue weighted by molar-refractivity contribution is 0.441. The maximum Gasteiger partial charge on any atom is 0.0276 e. The van der Waals surface area contributed by atoms with Crippen LogP contribution >= 0.6 is 11.8 Å². The second-order valence-corrected chi connectivity index (χ2v) is 5.73. The van der Waals surface area contributed by atoms with Crippen molar-refractivity contribution in [1.29, 1.82) is 0 Å². The van der Waals surface area contributed by atoms with Crippen LogP contribution in [0.25, 0.3) is 0 Å². The van der Waals surface area contributed by atoms with E-state index in [9.17, 15) is 0 Å². The van der Waals surface area contributed by atoms with Gasteiger partial charge in [0.15, 0.2) is 0 Å². The summed E-state index contributed by atoms with van der Waals surface area (Å²) in [6.07, 6.45) is 10.5. The molecule has 0 aromatic heterocycles. The molecule has 0 saturated heterocycles. The molecule has 1 nitrogen and oxygen atoms in total. The fraction of sp³-hybridized carbons (Fsp3) is 1.00. The fourth-order valence-electron chi connectivity index (χ4n) is 2.32. The van der Waals surface area contributed by atoms with Gasteiger partial charge in [0, 0.05) is 17.3 Å². The fourth-order valence-corrected chi connectivity index (χ4v) is 3.13. The van der Waals surface area contributed by atoms with Gasteiger partial charge in [0.1, 0.15) is 0 Å². The number of hydrogen-bond acceptors (Lipinski definition) is 2. The van der Waals surface area contributed by atoms with Gasteiger partial charge in [-0.15, -0.1) is 0 Å². The first-order valence-electron chi connectivity index (χ1n) is 6.05. The minimum atomic E-state index is 0.489. The maximum absolute atomic E-state index is 3.75. The lowest BCUT2D eigenvalue weighted by Gasteiger charge is -2.31. The minimum Gasteiger partial charge on any atom is -0.313 e. The maximum atomic E-state index is 3.75. The first-order chi connectivity index (χ1) is 6.76. The molecule has 1 aliphatic rings. The van der Waals surface area contributed by atoms with Crippen molar-refractivity contribution in [2.24, 2.45) is 0 Å². The summed E-state index contributed by atoms with van der Waals surface area (Å²) in [4.78, 5) is 0. The Morgan fingerprint density at radius 2 is 1.79 bits per heavy atom. The van der Waals surface area contributed by atoms with Gasteiger partial charge in [0.25, 0.3) is 0 Å². The molecular weight excluding hydrogens is 190 g/mol. The summed E-state index contributed by atoms with van der Waals surface area (Å²) in [5.74, 6) is 0. The lowest BCUT2D eigenvalue weighted by atomic mass is 10.0. The van der Waals surface area contributed by atoms with Crippen molar-refractivity contribution in [3.8, 4) is 0 Å². The third-order valence-corrected chi connectivity index (χ3v) is 5.38. The smallest absolute Gasteiger partial charge is 0.0276 e. The normalized spacial score (nSPS) is 19.1. The van der Waals surface area contributed by atoms with Crippen LogP contribution in [0.2, 0.25) is 0 Å². The van der Waals surface area contributed by atoms with Crippen LogP contribution in [0.4, 0.5) is 0 Å². The Hall–Kier alpha value is 0.310. The molecule has 0 amide bonds. The lowest BCUT2D eigenvalue weighted by Crippen LogP contribution is -2.40. The van der Waals surface area contributed by atoms with E-state index in [1.165, 1.54) is 45.1 Å². The molecule has 1 rings (SSSR count). The number of rotatable bonds is 6. The number of nitrogens with one attached hydrogen (secondary N) is 1. The molecule has 1 N–H and O–H groups in total. The summed E-state index contributed by atoms with van der Waals surface area (Å²) in [6, 6.07) is 0.819. The van der Waals surface area contributed by atoms with E-state index in [-0.39, 0.29) is 0 Å². The summed E-state index contributed by atoms with van der Waals surface area (Å²) in [5, 5.41) is 3.75. The van der Waals surface area contributed by atoms with E-state index in [4.69, 9.17) is 0 Å². The molecular formula is C12H25NS. The average Bonchev–Trinajstić information content (AvgIpc) is 2.74. The first-order valence-corrected chi connectivity index (χ1v) is 7.27. The second kappa shape index (κ2) is 6.02. The molecule has 0 unspecified atom stereocenters. The van der Waals surface area contributed by atoms with Gasteiger partial charge in [0.2, 0.25) is 0 Å². The van der Waals surface area contributed by atoms with E-state index in [1.54, 1.807) is 0 Å². The predicted molar refractivity (Wildman–Crippen MR) is 67.1 cm³/mol. The monoisotopic (exact) mass is 215 g/mol. The van der Waals surface area contributed by atoms with E-state index in [0.717, 1.165) is 6.04 Å². The molecule has 0 aromatic rings. The summed E-state index contributed by atoms with van der Waals surface area (Å²) in [7, 11) is 0. The van der Waals surface area contributed by atoms with Crippen LogP contribution < -0.4 is 5.32 Å². The van der Waals surface area contributed by atoms with Crippen LogP contribution in [-0.4, -0.2) is 23.6 Å². The Labute approximate surface area is 93.4 Å². The van der Waals surface area contributed by atoms with E-state index >= 15 is 0 Å². The molecule has 2 heteroatoms. The first kappa shape index (κ1) is 12.4. The summed E-state index contributed by atoms with van der Waals surface area (Å²) in [5.41, 5.74) is 0. The Balaban J connectivity index is 2.31. The highest BCUT2D eigenvalue weighted by Crippen LogP contribution is 2.30. The highest BCUT2D eigenvalue weighted by atomic mass is 32.2. The van der Waals surface area contributed by atoms with Crippen molar-refractivity contribution in [1.82, 2.24) is 5.32 Å². The van der Waals surface area contributed by atoms with Crippen LogP contribution in [0, 0.1) is 0 Å². The van der Waals surface area contributed by atoms with E-state index in [2.05, 4.69) is 25.4 Å². The van der Waals surface area contributed by atoms with Crippen molar-refractivity contribution in [3.05, 3.63) is 0 Å². The molecule has 0 heterocycles. The van der Waals surface area contributed by atoms with Gasteiger partial charge >= 0.3 is 0 Å². The van der Waals surface area contributed by atoms with E-state index in [0.29, 0.717) is 4.75 Å². The molecule has 0 radical (unpaired) electrons. The van der Waals surface area contributed by atoms with Crippen molar-refractivity contribution in [2.45, 2.75) is 63.2 Å². The molecule has 84 valence electrons. The highest BCUT2D eigenvalue weighted by molar-refractivity contribution is 8.00. The molecule has 0 aliphatic heterocycles. The van der Waals surface area contributed by atoms with Crippen LogP contribution in [0.1, 0.15) is 52.4 Å². The Kier molecular flexibility index (Phi) is 5.32. The highest BCUT2D eigenvalue weighted by Gasteiger charge is 2.26. The van der Waals surface area contributed by atoms with Crippen molar-refractivity contribution in [3.63, 3.8) is 0 Å². The summed E-state index contributed by atoms with van der Waals surface area (Å²) >= 11 is 2.04. The van der Waals surface area contributed by atoms with Crippen LogP contribution in [0.3, 0.4) is 0 Å². The predicted octanol–water partition coefficient (Wildman–Crippen LogP) is 3.44. The van der Waals surface area contributed by atoms with E-state index < -0.39 is 0 Å². The number of hydrogen-bond donors (Lipinski definition) is 1. The summed E-state index contributed by atoms with van der Waals surface area (Å²) < 4.78 is 0.489. The molecule has 0 aromatic carbocycles. The Morgan fingerprint density at radius 1 is 1.21 bits per heavy atom. The largest absolute Gasteiger partial charge is 0.313 e. The zero-order valence-electron chi connectivity index (χ0n) is 9.94. The summed E-state index contributed by atoms with van der Waals surface area (Å²) in [6.45, 7) is 5.83. The topological polar surface area (TPSA) is 12.0 Å². The van der Waals surface area contributed by atoms with Gasteiger partial charge in [0.05, 0.1) is 0 Å². The molecule has 1 aliphatic carbocycles. The van der Waals surface area contributed by atoms with Crippen molar-refractivity contribution in [2.75, 3.05) is 12.8 Å². The third-order valence-electron chi connectivity index (χ3n) is 3.79. The van der Waals surface area contributed by atoms with Gasteiger partial charge in [-0.2, -0.15) is 11.8 Å². The molecule has 1 fully saturated rings. The van der Waals surface area contributed by atoms with Gasteiger partial charge in [-0.25, -0.2) is 0 Å². The molecule has 14 heavy (non-hydrogen) atoms. The SMILES string of the molecule is CCC(CC)(CNC1CCCC1)SC. The van der Waals surface area contributed by atoms with Crippen molar-refractivity contribution >= 4 is 11.8 Å². The zero-order chi connectivity index (χ0) is 10.4.